The standard InChI is InChI=1S/C26H29O5P/c1-26(2,3)32(27)17-31-24-19(23-20(28-4)12-9-13-21(23)29-5)14-15-22(25(24)32)30-16-18-10-7-6-8-11-18/h6-15H,16-17H2,1-5H3/t32-/m1/s1. The van der Waals surface area contributed by atoms with E-state index in [1.165, 1.54) is 0 Å². The van der Waals surface area contributed by atoms with E-state index in [9.17, 15) is 4.57 Å². The van der Waals surface area contributed by atoms with E-state index in [1.807, 2.05) is 81.4 Å². The van der Waals surface area contributed by atoms with Gasteiger partial charge in [0.25, 0.3) is 0 Å². The summed E-state index contributed by atoms with van der Waals surface area (Å²) in [7, 11) is 0.317. The van der Waals surface area contributed by atoms with E-state index >= 15 is 0 Å². The lowest BCUT2D eigenvalue weighted by Crippen LogP contribution is -2.23. The number of hydrogen-bond acceptors (Lipinski definition) is 5. The summed E-state index contributed by atoms with van der Waals surface area (Å²) in [6.45, 7) is 6.35. The average Bonchev–Trinajstić information content (AvgIpc) is 3.17. The Hall–Kier alpha value is -2.91. The Bertz CT molecular complexity index is 1140. The van der Waals surface area contributed by atoms with Crippen molar-refractivity contribution in [1.82, 2.24) is 0 Å². The van der Waals surface area contributed by atoms with Gasteiger partial charge >= 0.3 is 0 Å². The molecule has 0 bridgehead atoms. The van der Waals surface area contributed by atoms with Gasteiger partial charge in [-0.15, -0.1) is 0 Å². The van der Waals surface area contributed by atoms with Crippen molar-refractivity contribution < 1.29 is 23.5 Å². The molecule has 168 valence electrons. The third-order valence-corrected chi connectivity index (χ3v) is 9.67. The summed E-state index contributed by atoms with van der Waals surface area (Å²) in [6.07, 6.45) is 0.141. The van der Waals surface area contributed by atoms with Crippen molar-refractivity contribution in [1.29, 1.82) is 0 Å². The van der Waals surface area contributed by atoms with Gasteiger partial charge in [-0.1, -0.05) is 57.2 Å². The van der Waals surface area contributed by atoms with E-state index in [2.05, 4.69) is 0 Å². The molecule has 0 aromatic heterocycles. The summed E-state index contributed by atoms with van der Waals surface area (Å²) >= 11 is 0. The van der Waals surface area contributed by atoms with Crippen LogP contribution < -0.4 is 24.3 Å². The summed E-state index contributed by atoms with van der Waals surface area (Å²) in [4.78, 5) is 0. The van der Waals surface area contributed by atoms with Gasteiger partial charge in [0.1, 0.15) is 36.0 Å². The monoisotopic (exact) mass is 452 g/mol. The third kappa shape index (κ3) is 3.75. The van der Waals surface area contributed by atoms with E-state index in [1.54, 1.807) is 14.2 Å². The van der Waals surface area contributed by atoms with Crippen LogP contribution in [0.5, 0.6) is 23.0 Å². The quantitative estimate of drug-likeness (QED) is 0.424. The summed E-state index contributed by atoms with van der Waals surface area (Å²) in [6, 6.07) is 19.4. The van der Waals surface area contributed by atoms with Crippen molar-refractivity contribution in [2.45, 2.75) is 32.5 Å². The minimum absolute atomic E-state index is 0.141. The van der Waals surface area contributed by atoms with Gasteiger partial charge in [-0.2, -0.15) is 0 Å². The molecule has 1 aliphatic rings. The van der Waals surface area contributed by atoms with Crippen LogP contribution in [0.25, 0.3) is 11.1 Å². The highest BCUT2D eigenvalue weighted by atomic mass is 31.2. The Morgan fingerprint density at radius 2 is 1.53 bits per heavy atom. The van der Waals surface area contributed by atoms with Gasteiger partial charge in [0.15, 0.2) is 7.14 Å². The van der Waals surface area contributed by atoms with Crippen molar-refractivity contribution in [2.24, 2.45) is 0 Å². The van der Waals surface area contributed by atoms with Crippen molar-refractivity contribution >= 4 is 12.4 Å². The molecule has 0 radical (unpaired) electrons. The number of ether oxygens (including phenoxy) is 4. The van der Waals surface area contributed by atoms with Crippen LogP contribution in [0.3, 0.4) is 0 Å². The molecule has 32 heavy (non-hydrogen) atoms. The summed E-state index contributed by atoms with van der Waals surface area (Å²) in [5.41, 5.74) is 2.59. The van der Waals surface area contributed by atoms with Crippen LogP contribution in [0.15, 0.2) is 60.7 Å². The minimum atomic E-state index is -2.93. The molecule has 0 unspecified atom stereocenters. The first-order valence-electron chi connectivity index (χ1n) is 10.6. The molecular weight excluding hydrogens is 423 g/mol. The first-order valence-corrected chi connectivity index (χ1v) is 12.5. The van der Waals surface area contributed by atoms with Crippen molar-refractivity contribution in [3.63, 3.8) is 0 Å². The molecule has 0 fully saturated rings. The van der Waals surface area contributed by atoms with Gasteiger partial charge in [0.05, 0.1) is 25.1 Å². The fourth-order valence-corrected chi connectivity index (χ4v) is 6.46. The number of methoxy groups -OCH3 is 2. The van der Waals surface area contributed by atoms with Crippen molar-refractivity contribution in [3.05, 3.63) is 66.2 Å². The molecule has 1 heterocycles. The Balaban J connectivity index is 1.90. The first kappa shape index (κ1) is 22.3. The highest BCUT2D eigenvalue weighted by Gasteiger charge is 2.48. The second kappa shape index (κ2) is 8.55. The lowest BCUT2D eigenvalue weighted by molar-refractivity contribution is 0.308. The molecule has 0 saturated carbocycles. The number of rotatable bonds is 6. The van der Waals surface area contributed by atoms with Crippen molar-refractivity contribution in [3.8, 4) is 34.1 Å². The molecule has 3 aromatic rings. The molecule has 1 atom stereocenters. The topological polar surface area (TPSA) is 54.0 Å². The van der Waals surface area contributed by atoms with Gasteiger partial charge < -0.3 is 23.5 Å². The Labute approximate surface area is 189 Å². The Kier molecular flexibility index (Phi) is 5.96. The van der Waals surface area contributed by atoms with Gasteiger partial charge in [-0.05, 0) is 29.8 Å². The molecule has 3 aromatic carbocycles. The molecule has 0 amide bonds. The zero-order valence-corrected chi connectivity index (χ0v) is 20.1. The fourth-order valence-electron chi connectivity index (χ4n) is 3.96. The van der Waals surface area contributed by atoms with Crippen LogP contribution in [0.4, 0.5) is 0 Å². The summed E-state index contributed by atoms with van der Waals surface area (Å²) in [5.74, 6) is 2.49. The van der Waals surface area contributed by atoms with Crippen LogP contribution in [0.2, 0.25) is 0 Å². The van der Waals surface area contributed by atoms with Crippen LogP contribution in [-0.2, 0) is 11.2 Å². The molecule has 6 heteroatoms. The fraction of sp³-hybridized carbons (Fsp3) is 0.308. The van der Waals surface area contributed by atoms with Gasteiger partial charge in [0.2, 0.25) is 0 Å². The second-order valence-electron chi connectivity index (χ2n) is 8.78. The van der Waals surface area contributed by atoms with E-state index in [0.717, 1.165) is 16.7 Å². The molecule has 1 aliphatic heterocycles. The van der Waals surface area contributed by atoms with E-state index in [-0.39, 0.29) is 6.35 Å². The summed E-state index contributed by atoms with van der Waals surface area (Å²) in [5, 5.41) is 0.179. The maximum Gasteiger partial charge on any atom is 0.163 e. The average molecular weight is 452 g/mol. The summed E-state index contributed by atoms with van der Waals surface area (Å²) < 4.78 is 37.9. The second-order valence-corrected chi connectivity index (χ2v) is 12.3. The van der Waals surface area contributed by atoms with Crippen LogP contribution in [0.1, 0.15) is 26.3 Å². The van der Waals surface area contributed by atoms with Crippen molar-refractivity contribution in [2.75, 3.05) is 20.6 Å². The molecule has 0 spiro atoms. The minimum Gasteiger partial charge on any atom is -0.496 e. The third-order valence-electron chi connectivity index (χ3n) is 5.86. The molecular formula is C26H29O5P. The van der Waals surface area contributed by atoms with Gasteiger partial charge in [0, 0.05) is 10.7 Å². The van der Waals surface area contributed by atoms with E-state index in [4.69, 9.17) is 18.9 Å². The number of hydrogen-bond donors (Lipinski definition) is 0. The highest BCUT2D eigenvalue weighted by molar-refractivity contribution is 7.73. The number of fused-ring (bicyclic) bond motifs is 1. The number of benzene rings is 3. The molecule has 5 nitrogen and oxygen atoms in total. The Morgan fingerprint density at radius 1 is 0.875 bits per heavy atom. The lowest BCUT2D eigenvalue weighted by atomic mass is 10.0. The smallest absolute Gasteiger partial charge is 0.163 e. The highest BCUT2D eigenvalue weighted by Crippen LogP contribution is 2.64. The van der Waals surface area contributed by atoms with Crippen LogP contribution in [0, 0.1) is 0 Å². The molecule has 0 aliphatic carbocycles. The predicted octanol–water partition coefficient (Wildman–Crippen LogP) is 6.09. The van der Waals surface area contributed by atoms with E-state index in [0.29, 0.717) is 34.9 Å². The zero-order chi connectivity index (χ0) is 22.9. The van der Waals surface area contributed by atoms with Crippen LogP contribution >= 0.6 is 7.14 Å². The van der Waals surface area contributed by atoms with E-state index < -0.39 is 12.3 Å². The first-order chi connectivity index (χ1) is 15.3. The molecule has 0 saturated heterocycles. The molecule has 0 N–H and O–H groups in total. The zero-order valence-electron chi connectivity index (χ0n) is 19.2. The van der Waals surface area contributed by atoms with Gasteiger partial charge in [-0.25, -0.2) is 0 Å². The van der Waals surface area contributed by atoms with Crippen LogP contribution in [-0.4, -0.2) is 25.7 Å². The maximum absolute atomic E-state index is 14.3. The van der Waals surface area contributed by atoms with Gasteiger partial charge in [-0.3, -0.25) is 0 Å². The normalized spacial score (nSPS) is 17.4. The SMILES string of the molecule is COc1cccc(OC)c1-c1ccc(OCc2ccccc2)c2c1OC[P@]2(=O)C(C)(C)C. The molecule has 4 rings (SSSR count). The lowest BCUT2D eigenvalue weighted by Gasteiger charge is -2.27. The largest absolute Gasteiger partial charge is 0.496 e. The predicted molar refractivity (Wildman–Crippen MR) is 128 cm³/mol. The maximum atomic E-state index is 14.3. The Morgan fingerprint density at radius 3 is 2.12 bits per heavy atom.